The van der Waals surface area contributed by atoms with Crippen molar-refractivity contribution in [2.45, 2.75) is 25.6 Å². The molecule has 0 unspecified atom stereocenters. The fourth-order valence-electron chi connectivity index (χ4n) is 1.56. The molecule has 0 saturated heterocycles. The Morgan fingerprint density at radius 3 is 2.50 bits per heavy atom. The summed E-state index contributed by atoms with van der Waals surface area (Å²) in [5.41, 5.74) is 3.77. The van der Waals surface area contributed by atoms with Gasteiger partial charge in [0.05, 0.1) is 18.6 Å². The molecule has 0 bridgehead atoms. The van der Waals surface area contributed by atoms with Gasteiger partial charge in [0.15, 0.2) is 0 Å². The summed E-state index contributed by atoms with van der Waals surface area (Å²) in [6.07, 6.45) is -5.18. The zero-order chi connectivity index (χ0) is 14.6. The number of carbonyl (C=O) groups excluding carboxylic acids is 1. The molecule has 0 saturated carbocycles. The number of rotatable bonds is 4. The highest BCUT2D eigenvalue weighted by atomic mass is 35.5. The van der Waals surface area contributed by atoms with E-state index in [1.54, 1.807) is 6.92 Å². The lowest BCUT2D eigenvalue weighted by molar-refractivity contribution is -0.143. The van der Waals surface area contributed by atoms with Crippen LogP contribution in [0.3, 0.4) is 0 Å². The monoisotopic (exact) mass is 315 g/mol. The van der Waals surface area contributed by atoms with Crippen LogP contribution in [0.1, 0.15) is 30.5 Å². The van der Waals surface area contributed by atoms with Crippen LogP contribution in [0.25, 0.3) is 0 Å². The Balaban J connectivity index is 0.00000361. The van der Waals surface area contributed by atoms with E-state index < -0.39 is 29.6 Å². The number of hydrogen-bond donors (Lipinski definition) is 1. The molecule has 8 heteroatoms. The van der Waals surface area contributed by atoms with E-state index in [1.165, 1.54) is 0 Å². The summed E-state index contributed by atoms with van der Waals surface area (Å²) in [4.78, 5) is 11.2. The fraction of sp³-hybridized carbons (Fsp3) is 0.417. The van der Waals surface area contributed by atoms with Crippen molar-refractivity contribution in [3.63, 3.8) is 0 Å². The van der Waals surface area contributed by atoms with E-state index in [9.17, 15) is 22.4 Å². The SMILES string of the molecule is CCOC(=O)C[C@@H](N)c1cccc(C(F)(F)F)c1F.Cl. The largest absolute Gasteiger partial charge is 0.466 e. The minimum Gasteiger partial charge on any atom is -0.466 e. The number of halogens is 5. The van der Waals surface area contributed by atoms with Crippen molar-refractivity contribution in [2.24, 2.45) is 5.73 Å². The quantitative estimate of drug-likeness (QED) is 0.685. The summed E-state index contributed by atoms with van der Waals surface area (Å²) in [7, 11) is 0. The maximum Gasteiger partial charge on any atom is 0.419 e. The van der Waals surface area contributed by atoms with Crippen LogP contribution in [0.4, 0.5) is 17.6 Å². The van der Waals surface area contributed by atoms with Crippen molar-refractivity contribution < 1.29 is 27.1 Å². The molecule has 0 heterocycles. The van der Waals surface area contributed by atoms with Crippen molar-refractivity contribution in [3.8, 4) is 0 Å². The number of alkyl halides is 3. The molecule has 0 aromatic heterocycles. The minimum absolute atomic E-state index is 0. The van der Waals surface area contributed by atoms with Gasteiger partial charge in [-0.3, -0.25) is 4.79 Å². The molecule has 0 aliphatic heterocycles. The van der Waals surface area contributed by atoms with Crippen LogP contribution in [0.15, 0.2) is 18.2 Å². The van der Waals surface area contributed by atoms with E-state index in [0.717, 1.165) is 12.1 Å². The Hall–Kier alpha value is -1.34. The molecule has 0 amide bonds. The second kappa shape index (κ2) is 7.44. The molecule has 0 spiro atoms. The van der Waals surface area contributed by atoms with Gasteiger partial charge in [-0.15, -0.1) is 12.4 Å². The first kappa shape index (κ1) is 18.7. The molecule has 114 valence electrons. The van der Waals surface area contributed by atoms with Crippen LogP contribution in [-0.2, 0) is 15.7 Å². The van der Waals surface area contributed by atoms with Crippen molar-refractivity contribution in [1.82, 2.24) is 0 Å². The second-order valence-corrected chi connectivity index (χ2v) is 3.82. The first-order valence-corrected chi connectivity index (χ1v) is 5.54. The van der Waals surface area contributed by atoms with Crippen LogP contribution < -0.4 is 5.73 Å². The summed E-state index contributed by atoms with van der Waals surface area (Å²) < 4.78 is 55.8. The van der Waals surface area contributed by atoms with Crippen molar-refractivity contribution >= 4 is 18.4 Å². The normalized spacial score (nSPS) is 12.5. The van der Waals surface area contributed by atoms with Crippen LogP contribution >= 0.6 is 12.4 Å². The van der Waals surface area contributed by atoms with E-state index in [2.05, 4.69) is 4.74 Å². The molecule has 1 rings (SSSR count). The number of ether oxygens (including phenoxy) is 1. The van der Waals surface area contributed by atoms with Gasteiger partial charge in [0, 0.05) is 11.6 Å². The number of carbonyl (C=O) groups is 1. The molecular formula is C12H14ClF4NO2. The van der Waals surface area contributed by atoms with Gasteiger partial charge in [0.25, 0.3) is 0 Å². The topological polar surface area (TPSA) is 52.3 Å². The summed E-state index contributed by atoms with van der Waals surface area (Å²) in [6.45, 7) is 1.70. The van der Waals surface area contributed by atoms with Gasteiger partial charge < -0.3 is 10.5 Å². The number of hydrogen-bond acceptors (Lipinski definition) is 3. The Morgan fingerprint density at radius 1 is 1.40 bits per heavy atom. The van der Waals surface area contributed by atoms with Crippen LogP contribution in [0.2, 0.25) is 0 Å². The molecule has 0 aliphatic rings. The zero-order valence-electron chi connectivity index (χ0n) is 10.5. The highest BCUT2D eigenvalue weighted by Crippen LogP contribution is 2.33. The van der Waals surface area contributed by atoms with Crippen molar-refractivity contribution in [1.29, 1.82) is 0 Å². The minimum atomic E-state index is -4.80. The third-order valence-electron chi connectivity index (χ3n) is 2.43. The Labute approximate surface area is 119 Å². The van der Waals surface area contributed by atoms with Crippen LogP contribution in [-0.4, -0.2) is 12.6 Å². The second-order valence-electron chi connectivity index (χ2n) is 3.82. The number of esters is 1. The lowest BCUT2D eigenvalue weighted by atomic mass is 10.0. The van der Waals surface area contributed by atoms with Crippen molar-refractivity contribution in [2.75, 3.05) is 6.61 Å². The summed E-state index contributed by atoms with van der Waals surface area (Å²) in [5, 5.41) is 0. The van der Waals surface area contributed by atoms with Gasteiger partial charge in [0.2, 0.25) is 0 Å². The van der Waals surface area contributed by atoms with Crippen LogP contribution in [0, 0.1) is 5.82 Å². The molecule has 0 aliphatic carbocycles. The molecule has 2 N–H and O–H groups in total. The van der Waals surface area contributed by atoms with Crippen LogP contribution in [0.5, 0.6) is 0 Å². The molecule has 3 nitrogen and oxygen atoms in total. The van der Waals surface area contributed by atoms with Gasteiger partial charge in [-0.2, -0.15) is 13.2 Å². The third-order valence-corrected chi connectivity index (χ3v) is 2.43. The third kappa shape index (κ3) is 4.64. The lowest BCUT2D eigenvalue weighted by Gasteiger charge is -2.15. The Morgan fingerprint density at radius 2 is 2.00 bits per heavy atom. The summed E-state index contributed by atoms with van der Waals surface area (Å²) in [5.74, 6) is -2.14. The smallest absolute Gasteiger partial charge is 0.419 e. The lowest BCUT2D eigenvalue weighted by Crippen LogP contribution is -2.20. The highest BCUT2D eigenvalue weighted by Gasteiger charge is 2.35. The average Bonchev–Trinajstić information content (AvgIpc) is 2.27. The molecule has 0 fully saturated rings. The van der Waals surface area contributed by atoms with E-state index in [-0.39, 0.29) is 31.0 Å². The first-order chi connectivity index (χ1) is 8.77. The molecule has 20 heavy (non-hydrogen) atoms. The van der Waals surface area contributed by atoms with E-state index >= 15 is 0 Å². The van der Waals surface area contributed by atoms with Gasteiger partial charge in [-0.1, -0.05) is 12.1 Å². The maximum atomic E-state index is 13.7. The first-order valence-electron chi connectivity index (χ1n) is 5.54. The zero-order valence-corrected chi connectivity index (χ0v) is 11.4. The van der Waals surface area contributed by atoms with Gasteiger partial charge in [-0.25, -0.2) is 4.39 Å². The van der Waals surface area contributed by atoms with E-state index in [1.807, 2.05) is 0 Å². The predicted octanol–water partition coefficient (Wildman–Crippen LogP) is 3.22. The predicted molar refractivity (Wildman–Crippen MR) is 66.8 cm³/mol. The summed E-state index contributed by atoms with van der Waals surface area (Å²) >= 11 is 0. The van der Waals surface area contributed by atoms with E-state index in [4.69, 9.17) is 5.73 Å². The molecule has 1 aromatic carbocycles. The van der Waals surface area contributed by atoms with Gasteiger partial charge in [0.1, 0.15) is 5.82 Å². The molecule has 1 atom stereocenters. The standard InChI is InChI=1S/C12H13F4NO2.ClH/c1-2-19-10(18)6-9(17)7-4-3-5-8(11(7)13)12(14,15)16;/h3-5,9H,2,6,17H2,1H3;1H/t9-;/m1./s1. The maximum absolute atomic E-state index is 13.7. The molecule has 0 radical (unpaired) electrons. The molecule has 1 aromatic rings. The van der Waals surface area contributed by atoms with Gasteiger partial charge in [-0.05, 0) is 13.0 Å². The molecular weight excluding hydrogens is 302 g/mol. The van der Waals surface area contributed by atoms with Gasteiger partial charge >= 0.3 is 12.1 Å². The van der Waals surface area contributed by atoms with Crippen molar-refractivity contribution in [3.05, 3.63) is 35.1 Å². The highest BCUT2D eigenvalue weighted by molar-refractivity contribution is 5.85. The average molecular weight is 316 g/mol. The number of benzene rings is 1. The number of nitrogens with two attached hydrogens (primary N) is 1. The Bertz CT molecular complexity index is 465. The Kier molecular flexibility index (Phi) is 6.95. The fourth-order valence-corrected chi connectivity index (χ4v) is 1.56. The van der Waals surface area contributed by atoms with E-state index in [0.29, 0.717) is 6.07 Å². The summed E-state index contributed by atoms with van der Waals surface area (Å²) in [6, 6.07) is 1.61.